The minimum atomic E-state index is -0.546. The molecule has 26 nitrogen and oxygen atoms in total. The summed E-state index contributed by atoms with van der Waals surface area (Å²) < 4.78 is 46.8. The largest absolute Gasteiger partial charge is 0.365 e. The van der Waals surface area contributed by atoms with Gasteiger partial charge in [0, 0.05) is 153 Å². The van der Waals surface area contributed by atoms with E-state index >= 15 is 0 Å². The number of carbonyl (C=O) groups excluding carboxylic acids is 4. The highest BCUT2D eigenvalue weighted by molar-refractivity contribution is 9.11. The van der Waals surface area contributed by atoms with E-state index < -0.39 is 17.5 Å². The van der Waals surface area contributed by atoms with E-state index in [4.69, 9.17) is 0 Å². The van der Waals surface area contributed by atoms with Gasteiger partial charge in [-0.25, -0.2) is 68.0 Å². The first-order valence-corrected chi connectivity index (χ1v) is 44.3. The number of nitrogens with one attached hydrogen (secondary N) is 4. The van der Waals surface area contributed by atoms with Gasteiger partial charge in [0.15, 0.2) is 23.3 Å². The number of aryl methyl sites for hydroxylation is 1. The molecule has 12 atom stereocenters. The summed E-state index contributed by atoms with van der Waals surface area (Å²) in [6.07, 6.45) is 33.7. The predicted octanol–water partition coefficient (Wildman–Crippen LogP) is 16.9. The number of halogens is 7. The molecule has 0 radical (unpaired) electrons. The highest BCUT2D eigenvalue weighted by Gasteiger charge is 2.48. The molecule has 9 aromatic heterocycles. The lowest BCUT2D eigenvalue weighted by Gasteiger charge is -2.50. The fraction of sp³-hybridized carbons (Fsp3) is 0.322. The lowest BCUT2D eigenvalue weighted by molar-refractivity contribution is 0.0275. The highest BCUT2D eigenvalue weighted by atomic mass is 79.9. The minimum Gasteiger partial charge on any atom is -0.365 e. The number of hydrogen-bond acceptors (Lipinski definition) is 21. The number of anilines is 4. The van der Waals surface area contributed by atoms with Gasteiger partial charge in [-0.05, 0) is 292 Å². The quantitative estimate of drug-likeness (QED) is 0.0698. The van der Waals surface area contributed by atoms with Crippen LogP contribution in [0.25, 0.3) is 40.0 Å². The van der Waals surface area contributed by atoms with Crippen molar-refractivity contribution in [3.05, 3.63) is 271 Å². The Labute approximate surface area is 741 Å². The number of hydrogen-bond donors (Lipinski definition) is 4. The SMILES string of the molecule is Cc1cnc(-n2nccn2)c(C(=O)N2CC3CCC2C(Nc2ccc(Br)cn2)C3)c1.O=C(c1c(F)cccc1-c1ncccn1)N1CC2CCC1C(Nc1ccc(Br)cn1)C2.O=C(c1cc(F)ccc1-c1ncccn1)N1CC2CCC1C(Nc1ccc(Br)cn1)C2.O=C(c1ccc(F)cc1-c1ncccn1)N1CC2CCC1C(Nc1ccc(Br)cn1)C2. The maximum Gasteiger partial charge on any atom is 0.258 e. The zero-order chi connectivity index (χ0) is 84.8. The van der Waals surface area contributed by atoms with Crippen LogP contribution in [0, 0.1) is 48.0 Å². The Balaban J connectivity index is 0.000000116. The van der Waals surface area contributed by atoms with E-state index in [0.29, 0.717) is 100.0 Å². The molecule has 24 rings (SSSR count). The van der Waals surface area contributed by atoms with Crippen molar-refractivity contribution in [3.8, 4) is 40.0 Å². The van der Waals surface area contributed by atoms with E-state index in [9.17, 15) is 32.3 Å². The molecule has 12 unspecified atom stereocenters. The second-order valence-electron chi connectivity index (χ2n) is 32.2. The first kappa shape index (κ1) is 83.8. The van der Waals surface area contributed by atoms with Gasteiger partial charge in [0.2, 0.25) is 0 Å². The zero-order valence-corrected chi connectivity index (χ0v) is 73.0. The molecule has 0 spiro atoms. The van der Waals surface area contributed by atoms with Crippen molar-refractivity contribution in [2.45, 2.75) is 132 Å². The smallest absolute Gasteiger partial charge is 0.258 e. The number of rotatable bonds is 16. The van der Waals surface area contributed by atoms with Crippen molar-refractivity contribution in [2.24, 2.45) is 23.7 Å². The van der Waals surface area contributed by atoms with Crippen LogP contribution in [0.4, 0.5) is 36.4 Å². The zero-order valence-electron chi connectivity index (χ0n) is 66.7. The molecule has 4 aliphatic carbocycles. The Hall–Kier alpha value is -11.4. The number of amides is 4. The summed E-state index contributed by atoms with van der Waals surface area (Å²) in [5, 5.41) is 22.4. The Kier molecular flexibility index (Phi) is 25.7. The summed E-state index contributed by atoms with van der Waals surface area (Å²) in [5.74, 6) is 4.49. The van der Waals surface area contributed by atoms with E-state index in [0.717, 1.165) is 130 Å². The van der Waals surface area contributed by atoms with Crippen LogP contribution in [0.5, 0.6) is 0 Å². The standard InChI is InChI=1S/3C23H21BrFN5O.C21H22BrN7O/c24-15-3-7-21(28-12-15)29-19-10-14-2-6-20(19)30(13-14)23(31)17-5-4-16(25)11-18(17)22-26-8-1-9-27-22;24-15-3-7-21(28-12-15)29-19-10-14-2-6-20(19)30(13-14)23(31)18-11-16(25)4-5-17(18)22-26-8-1-9-27-22;24-15-6-8-20(28-12-15)29-18-11-14-5-7-19(18)30(13-14)23(31)21-16(3-1-4-17(21)25)22-26-9-2-10-27-22;1-13-8-16(20(24-10-13)29-25-6-7-26-29)21(30)28-12-14-2-4-18(28)17(9-14)27-19-5-3-15(22)11-23-19/h2*1,3-5,7-9,11-12,14,19-20H,2,6,10,13H2,(H,28,29);1-4,6,8-10,12,14,18-19H,5,7,11,13H2,(H,28,29);3,5-8,10-11,14,17-18H,2,4,9,12H2,1H3,(H,23,27). The summed E-state index contributed by atoms with van der Waals surface area (Å²) >= 11 is 13.6. The average molecular weight is 1920 g/mol. The third kappa shape index (κ3) is 19.2. The third-order valence-electron chi connectivity index (χ3n) is 24.3. The van der Waals surface area contributed by atoms with Crippen molar-refractivity contribution in [3.63, 3.8) is 0 Å². The number of aromatic nitrogens is 14. The molecule has 17 heterocycles. The van der Waals surface area contributed by atoms with Gasteiger partial charge in [-0.15, -0.1) is 4.80 Å². The molecule has 4 saturated carbocycles. The van der Waals surface area contributed by atoms with Crippen LogP contribution < -0.4 is 21.3 Å². The molecular formula is C90H85Br4F3N22O4. The molecule has 8 saturated heterocycles. The van der Waals surface area contributed by atoms with E-state index in [2.05, 4.69) is 150 Å². The molecule has 12 aromatic rings. The number of benzene rings is 3. The van der Waals surface area contributed by atoms with Gasteiger partial charge in [-0.2, -0.15) is 10.2 Å². The first-order valence-electron chi connectivity index (χ1n) is 41.1. The Morgan fingerprint density at radius 3 is 1.13 bits per heavy atom. The van der Waals surface area contributed by atoms with Gasteiger partial charge in [-0.1, -0.05) is 12.1 Å². The maximum atomic E-state index is 14.9. The lowest BCUT2D eigenvalue weighted by atomic mass is 9.76. The van der Waals surface area contributed by atoms with E-state index in [1.165, 1.54) is 35.1 Å². The summed E-state index contributed by atoms with van der Waals surface area (Å²) in [4.78, 5) is 111. The van der Waals surface area contributed by atoms with E-state index in [1.54, 1.807) is 123 Å². The molecule has 4 amide bonds. The van der Waals surface area contributed by atoms with Gasteiger partial charge in [-0.3, -0.25) is 19.2 Å². The van der Waals surface area contributed by atoms with E-state index in [-0.39, 0.29) is 77.5 Å². The molecule has 33 heteroatoms. The molecule has 123 heavy (non-hydrogen) atoms. The van der Waals surface area contributed by atoms with Crippen LogP contribution in [0.3, 0.4) is 0 Å². The van der Waals surface area contributed by atoms with Crippen LogP contribution in [0.2, 0.25) is 0 Å². The fourth-order valence-electron chi connectivity index (χ4n) is 18.8. The highest BCUT2D eigenvalue weighted by Crippen LogP contribution is 2.44. The molecule has 8 bridgehead atoms. The van der Waals surface area contributed by atoms with Crippen molar-refractivity contribution >= 4 is 111 Å². The third-order valence-corrected chi connectivity index (χ3v) is 26.2. The van der Waals surface area contributed by atoms with Crippen molar-refractivity contribution in [1.82, 2.24) is 89.4 Å². The second kappa shape index (κ2) is 37.7. The van der Waals surface area contributed by atoms with Crippen LogP contribution in [-0.2, 0) is 0 Å². The normalized spacial score (nSPS) is 22.5. The molecule has 628 valence electrons. The predicted molar refractivity (Wildman–Crippen MR) is 472 cm³/mol. The van der Waals surface area contributed by atoms with Gasteiger partial charge < -0.3 is 40.9 Å². The summed E-state index contributed by atoms with van der Waals surface area (Å²) in [7, 11) is 0. The number of piperidine rings is 8. The maximum absolute atomic E-state index is 14.9. The number of carbonyl (C=O) groups is 4. The molecule has 12 aliphatic rings. The van der Waals surface area contributed by atoms with Crippen molar-refractivity contribution < 1.29 is 32.3 Å². The Bertz CT molecular complexity index is 5700. The first-order chi connectivity index (χ1) is 59.8. The van der Waals surface area contributed by atoms with Gasteiger partial charge in [0.05, 0.1) is 58.8 Å². The number of nitrogens with zero attached hydrogens (tertiary/aromatic N) is 18. The van der Waals surface area contributed by atoms with E-state index in [1.807, 2.05) is 81.1 Å². The summed E-state index contributed by atoms with van der Waals surface area (Å²) in [6, 6.07) is 36.2. The number of fused-ring (bicyclic) bond motifs is 12. The average Bonchev–Trinajstić information content (AvgIpc) is 1.63. The fourth-order valence-corrected chi connectivity index (χ4v) is 19.7. The molecule has 8 aliphatic heterocycles. The van der Waals surface area contributed by atoms with Gasteiger partial charge in [0.25, 0.3) is 23.6 Å². The summed E-state index contributed by atoms with van der Waals surface area (Å²) in [5.41, 5.74) is 3.65. The van der Waals surface area contributed by atoms with Crippen molar-refractivity contribution in [2.75, 3.05) is 47.4 Å². The van der Waals surface area contributed by atoms with Crippen LogP contribution in [0.15, 0.2) is 226 Å². The number of pyridine rings is 5. The van der Waals surface area contributed by atoms with Gasteiger partial charge >= 0.3 is 0 Å². The molecular weight excluding hydrogens is 1830 g/mol. The molecule has 12 fully saturated rings. The van der Waals surface area contributed by atoms with Crippen LogP contribution in [-0.4, -0.2) is 188 Å². The van der Waals surface area contributed by atoms with Gasteiger partial charge in [0.1, 0.15) is 40.7 Å². The minimum absolute atomic E-state index is 0.0107. The Morgan fingerprint density at radius 2 is 0.724 bits per heavy atom. The summed E-state index contributed by atoms with van der Waals surface area (Å²) in [6.45, 7) is 4.74. The topological polar surface area (TPSA) is 302 Å². The lowest BCUT2D eigenvalue weighted by Crippen LogP contribution is -2.60. The monoisotopic (exact) mass is 1910 g/mol. The van der Waals surface area contributed by atoms with Crippen LogP contribution in [0.1, 0.15) is 124 Å². The van der Waals surface area contributed by atoms with Crippen molar-refractivity contribution in [1.29, 1.82) is 0 Å². The Morgan fingerprint density at radius 1 is 0.350 bits per heavy atom. The molecule has 4 N–H and O–H groups in total. The van der Waals surface area contributed by atoms with Crippen LogP contribution >= 0.6 is 63.7 Å². The second-order valence-corrected chi connectivity index (χ2v) is 35.9. The molecule has 3 aromatic carbocycles.